The molecule has 2 aliphatic heterocycles. The summed E-state index contributed by atoms with van der Waals surface area (Å²) in [7, 11) is 0. The van der Waals surface area contributed by atoms with Gasteiger partial charge in [0.25, 0.3) is 5.78 Å². The highest BCUT2D eigenvalue weighted by Gasteiger charge is 2.48. The molecule has 202 valence electrons. The Morgan fingerprint density at radius 1 is 1.00 bits per heavy atom. The van der Waals surface area contributed by atoms with Gasteiger partial charge < -0.3 is 19.7 Å². The molecular weight excluding hydrogens is 557 g/mol. The topological polar surface area (TPSA) is 122 Å². The molecule has 9 nitrogen and oxygen atoms in total. The van der Waals surface area contributed by atoms with E-state index in [1.54, 1.807) is 42.5 Å². The van der Waals surface area contributed by atoms with E-state index in [4.69, 9.17) is 9.47 Å². The number of aliphatic hydroxyl groups excluding tert-OH is 1. The summed E-state index contributed by atoms with van der Waals surface area (Å²) >= 11 is 2.47. The Labute approximate surface area is 235 Å². The van der Waals surface area contributed by atoms with Crippen LogP contribution in [0.4, 0.5) is 9.52 Å². The molecule has 1 aromatic heterocycles. The third-order valence-electron chi connectivity index (χ3n) is 6.35. The number of thioether (sulfide) groups is 1. The zero-order valence-corrected chi connectivity index (χ0v) is 22.2. The van der Waals surface area contributed by atoms with E-state index in [1.807, 2.05) is 0 Å². The lowest BCUT2D eigenvalue weighted by Gasteiger charge is -2.23. The van der Waals surface area contributed by atoms with Crippen LogP contribution in [0.2, 0.25) is 0 Å². The number of halogens is 1. The number of phenols is 1. The molecule has 12 heteroatoms. The lowest BCUT2D eigenvalue weighted by molar-refractivity contribution is -0.132. The number of aliphatic hydroxyl groups is 1. The summed E-state index contributed by atoms with van der Waals surface area (Å²) in [6.07, 6.45) is 0. The first-order chi connectivity index (χ1) is 19.4. The van der Waals surface area contributed by atoms with E-state index in [-0.39, 0.29) is 33.6 Å². The Morgan fingerprint density at radius 2 is 1.73 bits per heavy atom. The quantitative estimate of drug-likeness (QED) is 0.106. The van der Waals surface area contributed by atoms with Crippen molar-refractivity contribution < 1.29 is 33.7 Å². The number of aromatic hydroxyl groups is 1. The van der Waals surface area contributed by atoms with Crippen molar-refractivity contribution in [2.75, 3.05) is 18.1 Å². The van der Waals surface area contributed by atoms with Gasteiger partial charge in [-0.15, -0.1) is 10.2 Å². The van der Waals surface area contributed by atoms with Crippen molar-refractivity contribution >= 4 is 45.7 Å². The van der Waals surface area contributed by atoms with Gasteiger partial charge in [0.1, 0.15) is 30.5 Å². The highest BCUT2D eigenvalue weighted by molar-refractivity contribution is 8.00. The van der Waals surface area contributed by atoms with Crippen LogP contribution in [-0.2, 0) is 15.3 Å². The highest BCUT2D eigenvalue weighted by atomic mass is 32.2. The standard InChI is InChI=1S/C28H20FN3O6S2/c29-18-6-1-15(2-7-18)14-39-28-31-30-27(40-28)32-23(16-3-8-19(33)9-4-16)22(25(35)26(32)36)24(34)17-5-10-20-21(13-17)38-12-11-37-20/h1-10,13,23,33-34H,11-12,14H2/b24-22+. The molecule has 0 aliphatic carbocycles. The number of carbonyl (C=O) groups is 2. The maximum absolute atomic E-state index is 13.4. The Kier molecular flexibility index (Phi) is 6.86. The number of hydrogen-bond donors (Lipinski definition) is 2. The zero-order valence-electron chi connectivity index (χ0n) is 20.6. The third-order valence-corrected chi connectivity index (χ3v) is 8.47. The predicted molar refractivity (Wildman–Crippen MR) is 146 cm³/mol. The molecule has 1 saturated heterocycles. The molecule has 3 heterocycles. The first kappa shape index (κ1) is 25.8. The van der Waals surface area contributed by atoms with Crippen LogP contribution in [0.1, 0.15) is 22.7 Å². The van der Waals surface area contributed by atoms with E-state index in [2.05, 4.69) is 10.2 Å². The minimum absolute atomic E-state index is 0.00272. The van der Waals surface area contributed by atoms with E-state index in [0.29, 0.717) is 40.4 Å². The molecule has 6 rings (SSSR count). The molecule has 4 aromatic rings. The molecule has 2 aliphatic rings. The number of nitrogens with zero attached hydrogens (tertiary/aromatic N) is 3. The van der Waals surface area contributed by atoms with Crippen molar-refractivity contribution in [1.29, 1.82) is 0 Å². The number of ketones is 1. The molecule has 0 spiro atoms. The second-order valence-electron chi connectivity index (χ2n) is 8.88. The van der Waals surface area contributed by atoms with Gasteiger partial charge in [-0.3, -0.25) is 14.5 Å². The summed E-state index contributed by atoms with van der Waals surface area (Å²) in [5.74, 6) is -1.04. The summed E-state index contributed by atoms with van der Waals surface area (Å²) in [6, 6.07) is 15.8. The molecule has 0 bridgehead atoms. The fraction of sp³-hybridized carbons (Fsp3) is 0.143. The lowest BCUT2D eigenvalue weighted by Crippen LogP contribution is -2.29. The maximum atomic E-state index is 13.4. The number of aromatic nitrogens is 2. The van der Waals surface area contributed by atoms with Crippen LogP contribution in [0.5, 0.6) is 17.2 Å². The van der Waals surface area contributed by atoms with Gasteiger partial charge in [0.2, 0.25) is 5.13 Å². The minimum atomic E-state index is -1.03. The van der Waals surface area contributed by atoms with Crippen LogP contribution in [0.25, 0.3) is 5.76 Å². The van der Waals surface area contributed by atoms with Crippen LogP contribution in [0, 0.1) is 5.82 Å². The van der Waals surface area contributed by atoms with Crippen LogP contribution >= 0.6 is 23.1 Å². The predicted octanol–water partition coefficient (Wildman–Crippen LogP) is 5.07. The van der Waals surface area contributed by atoms with E-state index in [1.165, 1.54) is 40.9 Å². The third kappa shape index (κ3) is 4.87. The fourth-order valence-electron chi connectivity index (χ4n) is 4.43. The molecule has 0 saturated carbocycles. The van der Waals surface area contributed by atoms with Crippen molar-refractivity contribution in [3.63, 3.8) is 0 Å². The smallest absolute Gasteiger partial charge is 0.301 e. The molecule has 1 unspecified atom stereocenters. The number of Topliss-reactive ketones (excluding diaryl/α,β-unsaturated/α-hetero) is 1. The number of ether oxygens (including phenoxy) is 2. The number of carbonyl (C=O) groups excluding carboxylic acids is 2. The van der Waals surface area contributed by atoms with Gasteiger partial charge in [0.15, 0.2) is 15.8 Å². The fourth-order valence-corrected chi connectivity index (χ4v) is 6.26. The average molecular weight is 578 g/mol. The summed E-state index contributed by atoms with van der Waals surface area (Å²) in [5.41, 5.74) is 1.50. The van der Waals surface area contributed by atoms with E-state index >= 15 is 0 Å². The number of amides is 1. The van der Waals surface area contributed by atoms with Gasteiger partial charge in [-0.1, -0.05) is 47.4 Å². The van der Waals surface area contributed by atoms with Crippen LogP contribution in [0.3, 0.4) is 0 Å². The number of hydrogen-bond acceptors (Lipinski definition) is 10. The van der Waals surface area contributed by atoms with Crippen LogP contribution in [-0.4, -0.2) is 45.3 Å². The van der Waals surface area contributed by atoms with Gasteiger partial charge in [-0.05, 0) is 53.6 Å². The van der Waals surface area contributed by atoms with Crippen molar-refractivity contribution in [3.05, 3.63) is 94.8 Å². The Hall–Kier alpha value is -4.42. The first-order valence-corrected chi connectivity index (χ1v) is 13.9. The van der Waals surface area contributed by atoms with Crippen molar-refractivity contribution in [2.24, 2.45) is 0 Å². The van der Waals surface area contributed by atoms with Gasteiger partial charge in [0, 0.05) is 11.3 Å². The first-order valence-electron chi connectivity index (χ1n) is 12.1. The molecule has 0 radical (unpaired) electrons. The molecule has 40 heavy (non-hydrogen) atoms. The summed E-state index contributed by atoms with van der Waals surface area (Å²) in [6.45, 7) is 0.740. The molecule has 1 amide bonds. The second kappa shape index (κ2) is 10.6. The van der Waals surface area contributed by atoms with Crippen molar-refractivity contribution in [2.45, 2.75) is 16.1 Å². The highest BCUT2D eigenvalue weighted by Crippen LogP contribution is 2.45. The Morgan fingerprint density at radius 3 is 2.48 bits per heavy atom. The van der Waals surface area contributed by atoms with Gasteiger partial charge >= 0.3 is 5.91 Å². The van der Waals surface area contributed by atoms with Gasteiger partial charge in [-0.25, -0.2) is 4.39 Å². The molecular formula is C28H20FN3O6S2. The Bertz CT molecular complexity index is 1640. The number of rotatable bonds is 6. The monoisotopic (exact) mass is 577 g/mol. The average Bonchev–Trinajstić information content (AvgIpc) is 3.54. The number of benzene rings is 3. The minimum Gasteiger partial charge on any atom is -0.508 e. The summed E-state index contributed by atoms with van der Waals surface area (Å²) < 4.78 is 24.9. The van der Waals surface area contributed by atoms with Crippen molar-refractivity contribution in [1.82, 2.24) is 10.2 Å². The molecule has 3 aromatic carbocycles. The largest absolute Gasteiger partial charge is 0.508 e. The number of fused-ring (bicyclic) bond motifs is 1. The van der Waals surface area contributed by atoms with Crippen molar-refractivity contribution in [3.8, 4) is 17.2 Å². The lowest BCUT2D eigenvalue weighted by atomic mass is 9.95. The molecule has 1 fully saturated rings. The summed E-state index contributed by atoms with van der Waals surface area (Å²) in [4.78, 5) is 28.0. The maximum Gasteiger partial charge on any atom is 0.301 e. The molecule has 1 atom stereocenters. The van der Waals surface area contributed by atoms with Crippen LogP contribution in [0.15, 0.2) is 76.6 Å². The SMILES string of the molecule is O=C1C(=O)N(c2nnc(SCc3ccc(F)cc3)s2)C(c2ccc(O)cc2)/C1=C(\O)c1ccc2c(c1)OCCO2. The van der Waals surface area contributed by atoms with Crippen LogP contribution < -0.4 is 14.4 Å². The van der Waals surface area contributed by atoms with Gasteiger partial charge in [0.05, 0.1) is 11.6 Å². The molecule has 2 N–H and O–H groups in total. The Balaban J connectivity index is 1.38. The number of phenolic OH excluding ortho intramolecular Hbond substituents is 1. The van der Waals surface area contributed by atoms with E-state index in [9.17, 15) is 24.2 Å². The number of anilines is 1. The normalized spacial score (nSPS) is 17.8. The van der Waals surface area contributed by atoms with Gasteiger partial charge in [-0.2, -0.15) is 0 Å². The second-order valence-corrected chi connectivity index (χ2v) is 11.1. The van der Waals surface area contributed by atoms with E-state index in [0.717, 1.165) is 16.9 Å². The zero-order chi connectivity index (χ0) is 27.8. The summed E-state index contributed by atoms with van der Waals surface area (Å²) in [5, 5.41) is 29.7. The van der Waals surface area contributed by atoms with E-state index < -0.39 is 17.7 Å².